The topological polar surface area (TPSA) is 38.1 Å². The maximum absolute atomic E-state index is 12.8. The summed E-state index contributed by atoms with van der Waals surface area (Å²) in [7, 11) is 3.60. The van der Waals surface area contributed by atoms with Gasteiger partial charge in [0.05, 0.1) is 17.3 Å². The molecule has 2 aromatic heterocycles. The molecular formula is C18H20ClN3OS. The van der Waals surface area contributed by atoms with Crippen LogP contribution in [0, 0.1) is 0 Å². The molecule has 0 aliphatic carbocycles. The van der Waals surface area contributed by atoms with Crippen LogP contribution < -0.4 is 0 Å². The van der Waals surface area contributed by atoms with Gasteiger partial charge < -0.3 is 4.90 Å². The second kappa shape index (κ2) is 6.57. The van der Waals surface area contributed by atoms with E-state index in [1.165, 1.54) is 0 Å². The first-order valence-corrected chi connectivity index (χ1v) is 9.03. The van der Waals surface area contributed by atoms with Crippen molar-refractivity contribution in [2.24, 2.45) is 7.05 Å². The van der Waals surface area contributed by atoms with Crippen molar-refractivity contribution in [1.29, 1.82) is 0 Å². The van der Waals surface area contributed by atoms with Gasteiger partial charge in [0.2, 0.25) is 0 Å². The van der Waals surface area contributed by atoms with Crippen LogP contribution in [0.3, 0.4) is 0 Å². The zero-order chi connectivity index (χ0) is 17.4. The molecule has 3 aromatic rings. The lowest BCUT2D eigenvalue weighted by molar-refractivity contribution is 0.0775. The highest BCUT2D eigenvalue weighted by Crippen LogP contribution is 2.35. The van der Waals surface area contributed by atoms with Crippen molar-refractivity contribution >= 4 is 38.9 Å². The van der Waals surface area contributed by atoms with E-state index in [1.807, 2.05) is 30.3 Å². The summed E-state index contributed by atoms with van der Waals surface area (Å²) in [5.41, 5.74) is 1.52. The Kier molecular flexibility index (Phi) is 4.65. The number of halogens is 1. The monoisotopic (exact) mass is 361 g/mol. The van der Waals surface area contributed by atoms with Crippen LogP contribution in [0.5, 0.6) is 0 Å². The molecule has 0 atom stereocenters. The van der Waals surface area contributed by atoms with Crippen LogP contribution in [-0.4, -0.2) is 27.6 Å². The molecular weight excluding hydrogens is 342 g/mol. The van der Waals surface area contributed by atoms with Gasteiger partial charge in [0.25, 0.3) is 5.91 Å². The third-order valence-electron chi connectivity index (χ3n) is 4.04. The maximum atomic E-state index is 12.8. The van der Waals surface area contributed by atoms with Crippen LogP contribution in [0.25, 0.3) is 10.1 Å². The van der Waals surface area contributed by atoms with Crippen molar-refractivity contribution in [2.75, 3.05) is 7.05 Å². The van der Waals surface area contributed by atoms with Gasteiger partial charge in [0.1, 0.15) is 5.69 Å². The van der Waals surface area contributed by atoms with E-state index in [9.17, 15) is 4.79 Å². The normalized spacial score (nSPS) is 11.4. The summed E-state index contributed by atoms with van der Waals surface area (Å²) in [6.07, 6.45) is 0. The Bertz CT molecular complexity index is 897. The number of fused-ring (bicyclic) bond motifs is 1. The van der Waals surface area contributed by atoms with Crippen molar-refractivity contribution in [1.82, 2.24) is 14.7 Å². The van der Waals surface area contributed by atoms with Crippen LogP contribution in [0.2, 0.25) is 5.02 Å². The molecule has 1 amide bonds. The second-order valence-electron chi connectivity index (χ2n) is 6.23. The fraction of sp³-hybridized carbons (Fsp3) is 0.333. The summed E-state index contributed by atoms with van der Waals surface area (Å²) >= 11 is 8.11. The Morgan fingerprint density at radius 2 is 2.08 bits per heavy atom. The highest BCUT2D eigenvalue weighted by atomic mass is 35.5. The minimum absolute atomic E-state index is 0.0505. The van der Waals surface area contributed by atoms with E-state index < -0.39 is 0 Å². The van der Waals surface area contributed by atoms with Crippen LogP contribution in [-0.2, 0) is 13.6 Å². The zero-order valence-electron chi connectivity index (χ0n) is 14.2. The first-order valence-electron chi connectivity index (χ1n) is 7.83. The Balaban J connectivity index is 1.84. The second-order valence-corrected chi connectivity index (χ2v) is 7.74. The van der Waals surface area contributed by atoms with Gasteiger partial charge in [0.15, 0.2) is 0 Å². The molecule has 0 aliphatic heterocycles. The number of hydrogen-bond donors (Lipinski definition) is 0. The summed E-state index contributed by atoms with van der Waals surface area (Å²) in [6, 6.07) is 9.90. The summed E-state index contributed by atoms with van der Waals surface area (Å²) in [5, 5.41) is 6.20. The average Bonchev–Trinajstić information content (AvgIpc) is 3.08. The summed E-state index contributed by atoms with van der Waals surface area (Å²) < 4.78 is 2.79. The molecule has 0 saturated carbocycles. The molecule has 1 aromatic carbocycles. The number of carbonyl (C=O) groups is 1. The van der Waals surface area contributed by atoms with Crippen molar-refractivity contribution in [3.63, 3.8) is 0 Å². The van der Waals surface area contributed by atoms with E-state index in [4.69, 9.17) is 11.6 Å². The highest BCUT2D eigenvalue weighted by Gasteiger charge is 2.20. The standard InChI is InChI=1S/C18H20ClN3OS/c1-11(2)13-9-14(22(4)20-13)18(23)21(3)10-16-17(19)12-7-5-6-8-15(12)24-16/h5-9,11H,10H2,1-4H3. The van der Waals surface area contributed by atoms with Gasteiger partial charge in [-0.3, -0.25) is 9.48 Å². The Hall–Kier alpha value is -1.85. The molecule has 3 rings (SSSR count). The molecule has 0 N–H and O–H groups in total. The summed E-state index contributed by atoms with van der Waals surface area (Å²) in [4.78, 5) is 15.5. The Morgan fingerprint density at radius 1 is 1.38 bits per heavy atom. The fourth-order valence-electron chi connectivity index (χ4n) is 2.62. The van der Waals surface area contributed by atoms with Crippen LogP contribution in [0.15, 0.2) is 30.3 Å². The molecule has 0 unspecified atom stereocenters. The first kappa shape index (κ1) is 17.0. The van der Waals surface area contributed by atoms with Gasteiger partial charge in [0, 0.05) is 29.1 Å². The van der Waals surface area contributed by atoms with Gasteiger partial charge in [-0.2, -0.15) is 5.10 Å². The molecule has 4 nitrogen and oxygen atoms in total. The van der Waals surface area contributed by atoms with Crippen molar-refractivity contribution in [3.8, 4) is 0 Å². The predicted molar refractivity (Wildman–Crippen MR) is 99.9 cm³/mol. The van der Waals surface area contributed by atoms with Crippen LogP contribution >= 0.6 is 22.9 Å². The lowest BCUT2D eigenvalue weighted by atomic mass is 10.1. The number of benzene rings is 1. The van der Waals surface area contributed by atoms with Crippen LogP contribution in [0.1, 0.15) is 40.8 Å². The highest BCUT2D eigenvalue weighted by molar-refractivity contribution is 7.19. The number of amides is 1. The largest absolute Gasteiger partial charge is 0.335 e. The number of carbonyl (C=O) groups excluding carboxylic acids is 1. The van der Waals surface area contributed by atoms with Gasteiger partial charge >= 0.3 is 0 Å². The van der Waals surface area contributed by atoms with E-state index in [1.54, 1.807) is 35.0 Å². The maximum Gasteiger partial charge on any atom is 0.272 e. The van der Waals surface area contributed by atoms with E-state index in [-0.39, 0.29) is 5.91 Å². The van der Waals surface area contributed by atoms with Gasteiger partial charge in [-0.25, -0.2) is 0 Å². The molecule has 0 radical (unpaired) electrons. The molecule has 0 aliphatic rings. The number of aromatic nitrogens is 2. The molecule has 0 saturated heterocycles. The third kappa shape index (κ3) is 3.06. The SMILES string of the molecule is CC(C)c1cc(C(=O)N(C)Cc2sc3ccccc3c2Cl)n(C)n1. The predicted octanol–water partition coefficient (Wildman–Crippen LogP) is 4.68. The lowest BCUT2D eigenvalue weighted by Gasteiger charge is -2.16. The smallest absolute Gasteiger partial charge is 0.272 e. The molecule has 6 heteroatoms. The van der Waals surface area contributed by atoms with Crippen molar-refractivity contribution in [3.05, 3.63) is 51.6 Å². The van der Waals surface area contributed by atoms with E-state index in [0.29, 0.717) is 18.2 Å². The average molecular weight is 362 g/mol. The quantitative estimate of drug-likeness (QED) is 0.676. The number of rotatable bonds is 4. The van der Waals surface area contributed by atoms with Crippen molar-refractivity contribution < 1.29 is 4.79 Å². The first-order chi connectivity index (χ1) is 11.4. The Morgan fingerprint density at radius 3 is 2.71 bits per heavy atom. The summed E-state index contributed by atoms with van der Waals surface area (Å²) in [6.45, 7) is 4.62. The number of thiophene rings is 1. The molecule has 0 bridgehead atoms. The van der Waals surface area contributed by atoms with E-state index >= 15 is 0 Å². The lowest BCUT2D eigenvalue weighted by Crippen LogP contribution is -2.27. The molecule has 0 fully saturated rings. The number of aryl methyl sites for hydroxylation is 1. The molecule has 2 heterocycles. The number of nitrogens with zero attached hydrogens (tertiary/aromatic N) is 3. The van der Waals surface area contributed by atoms with Gasteiger partial charge in [-0.05, 0) is 18.1 Å². The number of hydrogen-bond acceptors (Lipinski definition) is 3. The Labute approximate surface area is 150 Å². The third-order valence-corrected chi connectivity index (χ3v) is 5.74. The van der Waals surface area contributed by atoms with E-state index in [0.717, 1.165) is 25.7 Å². The van der Waals surface area contributed by atoms with E-state index in [2.05, 4.69) is 18.9 Å². The molecule has 126 valence electrons. The fourth-order valence-corrected chi connectivity index (χ4v) is 4.17. The minimum atomic E-state index is -0.0505. The van der Waals surface area contributed by atoms with Gasteiger partial charge in [-0.15, -0.1) is 11.3 Å². The van der Waals surface area contributed by atoms with Gasteiger partial charge in [-0.1, -0.05) is 43.6 Å². The zero-order valence-corrected chi connectivity index (χ0v) is 15.8. The molecule has 24 heavy (non-hydrogen) atoms. The summed E-state index contributed by atoms with van der Waals surface area (Å²) in [5.74, 6) is 0.241. The molecule has 0 spiro atoms. The minimum Gasteiger partial charge on any atom is -0.335 e. The van der Waals surface area contributed by atoms with Crippen molar-refractivity contribution in [2.45, 2.75) is 26.3 Å². The van der Waals surface area contributed by atoms with Crippen LogP contribution in [0.4, 0.5) is 0 Å².